The predicted molar refractivity (Wildman–Crippen MR) is 130 cm³/mol. The number of benzene rings is 3. The van der Waals surface area contributed by atoms with Crippen LogP contribution in [0.15, 0.2) is 76.5 Å². The van der Waals surface area contributed by atoms with E-state index in [0.29, 0.717) is 22.1 Å². The van der Waals surface area contributed by atoms with Gasteiger partial charge in [-0.1, -0.05) is 17.7 Å². The van der Waals surface area contributed by atoms with Crippen molar-refractivity contribution in [3.8, 4) is 5.75 Å². The van der Waals surface area contributed by atoms with Gasteiger partial charge in [-0.2, -0.15) is 0 Å². The van der Waals surface area contributed by atoms with Crippen LogP contribution in [0, 0.1) is 6.92 Å². The molecule has 0 bridgehead atoms. The maximum Gasteiger partial charge on any atom is 0.262 e. The van der Waals surface area contributed by atoms with E-state index in [9.17, 15) is 13.2 Å². The Balaban J connectivity index is 1.66. The third-order valence-electron chi connectivity index (χ3n) is 4.53. The monoisotopic (exact) mass is 490 g/mol. The first-order valence-electron chi connectivity index (χ1n) is 9.68. The number of anilines is 2. The molecule has 1 amide bonds. The van der Waals surface area contributed by atoms with Crippen LogP contribution in [0.3, 0.4) is 0 Å². The molecule has 3 aromatic rings. The lowest BCUT2D eigenvalue weighted by molar-refractivity contribution is -0.115. The molecule has 1 unspecified atom stereocenters. The maximum absolute atomic E-state index is 12.8. The summed E-state index contributed by atoms with van der Waals surface area (Å²) in [7, 11) is -2.35. The second-order valence-corrected chi connectivity index (χ2v) is 10.6. The number of sulfonamides is 1. The zero-order valence-electron chi connectivity index (χ0n) is 17.8. The molecule has 0 aromatic heterocycles. The van der Waals surface area contributed by atoms with E-state index in [2.05, 4.69) is 10.0 Å². The van der Waals surface area contributed by atoms with Crippen LogP contribution in [0.1, 0.15) is 12.5 Å². The van der Waals surface area contributed by atoms with Crippen molar-refractivity contribution in [3.05, 3.63) is 77.3 Å². The molecule has 0 aliphatic rings. The van der Waals surface area contributed by atoms with Crippen LogP contribution in [0.4, 0.5) is 11.4 Å². The number of thioether (sulfide) groups is 1. The molecule has 0 fully saturated rings. The highest BCUT2D eigenvalue weighted by atomic mass is 35.5. The fraction of sp³-hybridized carbons (Fsp3) is 0.174. The molecule has 3 rings (SSSR count). The number of nitrogens with one attached hydrogen (secondary N) is 2. The average Bonchev–Trinajstić information content (AvgIpc) is 2.75. The summed E-state index contributed by atoms with van der Waals surface area (Å²) in [5.74, 6) is 0.235. The fourth-order valence-electron chi connectivity index (χ4n) is 2.84. The largest absolute Gasteiger partial charge is 0.495 e. The van der Waals surface area contributed by atoms with E-state index < -0.39 is 10.0 Å². The number of methoxy groups -OCH3 is 1. The number of hydrogen-bond acceptors (Lipinski definition) is 5. The van der Waals surface area contributed by atoms with Gasteiger partial charge in [-0.25, -0.2) is 8.42 Å². The first kappa shape index (κ1) is 24.0. The van der Waals surface area contributed by atoms with E-state index in [1.807, 2.05) is 25.1 Å². The van der Waals surface area contributed by atoms with Gasteiger partial charge in [-0.3, -0.25) is 9.52 Å². The van der Waals surface area contributed by atoms with Crippen molar-refractivity contribution in [2.24, 2.45) is 0 Å². The number of carbonyl (C=O) groups excluding carboxylic acids is 1. The molecule has 0 spiro atoms. The Labute approximate surface area is 197 Å². The van der Waals surface area contributed by atoms with Gasteiger partial charge in [0.05, 0.1) is 22.9 Å². The van der Waals surface area contributed by atoms with Crippen LogP contribution in [0.5, 0.6) is 5.75 Å². The number of carbonyl (C=O) groups is 1. The minimum absolute atomic E-state index is 0.0719. The normalized spacial score (nSPS) is 12.1. The van der Waals surface area contributed by atoms with Gasteiger partial charge in [0.25, 0.3) is 10.0 Å². The summed E-state index contributed by atoms with van der Waals surface area (Å²) in [5.41, 5.74) is 1.76. The van der Waals surface area contributed by atoms with Crippen LogP contribution >= 0.6 is 23.4 Å². The Bertz CT molecular complexity index is 1200. The van der Waals surface area contributed by atoms with Gasteiger partial charge >= 0.3 is 0 Å². The SMILES string of the molecule is COc1ccc(C)cc1NS(=O)(=O)c1ccc(NC(=O)C(C)Sc2ccc(Cl)cc2)cc1. The van der Waals surface area contributed by atoms with Gasteiger partial charge in [0.1, 0.15) is 5.75 Å². The zero-order chi connectivity index (χ0) is 23.3. The average molecular weight is 491 g/mol. The number of halogens is 1. The number of ether oxygens (including phenoxy) is 1. The standard InChI is InChI=1S/C23H23ClN2O4S2/c1-15-4-13-22(30-3)21(14-15)26-32(28,29)20-11-7-18(8-12-20)25-23(27)16(2)31-19-9-5-17(24)6-10-19/h4-14,16,26H,1-3H3,(H,25,27). The lowest BCUT2D eigenvalue weighted by Gasteiger charge is -2.14. The third kappa shape index (κ3) is 6.18. The van der Waals surface area contributed by atoms with Crippen molar-refractivity contribution < 1.29 is 17.9 Å². The van der Waals surface area contributed by atoms with E-state index in [-0.39, 0.29) is 16.1 Å². The molecule has 0 heterocycles. The summed E-state index contributed by atoms with van der Waals surface area (Å²) in [6.45, 7) is 3.66. The highest BCUT2D eigenvalue weighted by Gasteiger charge is 2.18. The second-order valence-electron chi connectivity index (χ2n) is 7.04. The summed E-state index contributed by atoms with van der Waals surface area (Å²) in [6, 6.07) is 18.5. The molecule has 0 aliphatic carbocycles. The Hall–Kier alpha value is -2.68. The van der Waals surface area contributed by atoms with Crippen molar-refractivity contribution in [1.29, 1.82) is 0 Å². The van der Waals surface area contributed by atoms with Crippen LogP contribution in [-0.2, 0) is 14.8 Å². The Morgan fingerprint density at radius 1 is 1.03 bits per heavy atom. The summed E-state index contributed by atoms with van der Waals surface area (Å²) >= 11 is 7.29. The van der Waals surface area contributed by atoms with E-state index in [1.54, 1.807) is 43.3 Å². The lowest BCUT2D eigenvalue weighted by Crippen LogP contribution is -2.22. The van der Waals surface area contributed by atoms with E-state index in [4.69, 9.17) is 16.3 Å². The molecule has 0 saturated carbocycles. The summed E-state index contributed by atoms with van der Waals surface area (Å²) in [5, 5.41) is 3.09. The highest BCUT2D eigenvalue weighted by Crippen LogP contribution is 2.29. The number of hydrogen-bond donors (Lipinski definition) is 2. The molecule has 0 saturated heterocycles. The van der Waals surface area contributed by atoms with Gasteiger partial charge in [0.2, 0.25) is 5.91 Å². The highest BCUT2D eigenvalue weighted by molar-refractivity contribution is 8.00. The van der Waals surface area contributed by atoms with Crippen LogP contribution in [0.2, 0.25) is 5.02 Å². The molecule has 32 heavy (non-hydrogen) atoms. The van der Waals surface area contributed by atoms with Crippen molar-refractivity contribution >= 4 is 50.7 Å². The molecular formula is C23H23ClN2O4S2. The first-order chi connectivity index (χ1) is 15.2. The van der Waals surface area contributed by atoms with Crippen LogP contribution in [-0.4, -0.2) is 26.7 Å². The molecule has 0 aliphatic heterocycles. The van der Waals surface area contributed by atoms with Crippen LogP contribution in [0.25, 0.3) is 0 Å². The molecule has 3 aromatic carbocycles. The Morgan fingerprint density at radius 3 is 2.31 bits per heavy atom. The van der Waals surface area contributed by atoms with Gasteiger partial charge in [-0.15, -0.1) is 11.8 Å². The van der Waals surface area contributed by atoms with Gasteiger partial charge in [0.15, 0.2) is 0 Å². The molecule has 0 radical (unpaired) electrons. The number of amides is 1. The predicted octanol–water partition coefficient (Wildman–Crippen LogP) is 5.58. The van der Waals surface area contributed by atoms with Crippen molar-refractivity contribution in [1.82, 2.24) is 0 Å². The molecule has 1 atom stereocenters. The summed E-state index contributed by atoms with van der Waals surface area (Å²) in [4.78, 5) is 13.5. The molecule has 168 valence electrons. The Morgan fingerprint density at radius 2 is 1.69 bits per heavy atom. The van der Waals surface area contributed by atoms with Crippen molar-refractivity contribution in [2.75, 3.05) is 17.1 Å². The van der Waals surface area contributed by atoms with Gasteiger partial charge in [0, 0.05) is 15.6 Å². The molecule has 9 heteroatoms. The van der Waals surface area contributed by atoms with E-state index >= 15 is 0 Å². The molecular weight excluding hydrogens is 468 g/mol. The van der Waals surface area contributed by atoms with E-state index in [0.717, 1.165) is 10.5 Å². The van der Waals surface area contributed by atoms with Gasteiger partial charge < -0.3 is 10.1 Å². The zero-order valence-corrected chi connectivity index (χ0v) is 20.1. The molecule has 6 nitrogen and oxygen atoms in total. The van der Waals surface area contributed by atoms with E-state index in [1.165, 1.54) is 31.0 Å². The quantitative estimate of drug-likeness (QED) is 0.403. The minimum atomic E-state index is -3.83. The third-order valence-corrected chi connectivity index (χ3v) is 7.27. The van der Waals surface area contributed by atoms with Crippen molar-refractivity contribution in [2.45, 2.75) is 28.9 Å². The van der Waals surface area contributed by atoms with Crippen molar-refractivity contribution in [3.63, 3.8) is 0 Å². The van der Waals surface area contributed by atoms with Crippen LogP contribution < -0.4 is 14.8 Å². The maximum atomic E-state index is 12.8. The Kier molecular flexibility index (Phi) is 7.71. The minimum Gasteiger partial charge on any atom is -0.495 e. The number of aryl methyl sites for hydroxylation is 1. The number of rotatable bonds is 8. The summed E-state index contributed by atoms with van der Waals surface area (Å²) in [6.07, 6.45) is 0. The smallest absolute Gasteiger partial charge is 0.262 e. The summed E-state index contributed by atoms with van der Waals surface area (Å²) < 4.78 is 33.4. The second kappa shape index (κ2) is 10.3. The lowest BCUT2D eigenvalue weighted by atomic mass is 10.2. The molecule has 2 N–H and O–H groups in total. The fourth-order valence-corrected chi connectivity index (χ4v) is 4.89. The topological polar surface area (TPSA) is 84.5 Å². The first-order valence-corrected chi connectivity index (χ1v) is 12.4. The van der Waals surface area contributed by atoms with Gasteiger partial charge in [-0.05, 0) is 80.1 Å².